The second-order valence-corrected chi connectivity index (χ2v) is 10.9. The summed E-state index contributed by atoms with van der Waals surface area (Å²) in [5, 5.41) is 8.07. The standard InChI is InChI=1S/C32H35F3N4O3/c33-32(34,35)24-8-4-9-25(19-24)37-31(41)38-26-11-12-29(28(20-26)30(40)36-21-27-10-5-17-42-27)39-15-13-23(14-16-39)18-22-6-2-1-3-7-22/h1-4,6-9,11-12,19-20,23,27H,5,10,13-18,21H2,(H,36,40)(H2,37,38,41). The van der Waals surface area contributed by atoms with Gasteiger partial charge in [-0.25, -0.2) is 4.79 Å². The first-order chi connectivity index (χ1) is 20.2. The van der Waals surface area contributed by atoms with Gasteiger partial charge in [0.15, 0.2) is 0 Å². The van der Waals surface area contributed by atoms with E-state index < -0.39 is 17.8 Å². The average Bonchev–Trinajstić information content (AvgIpc) is 3.50. The van der Waals surface area contributed by atoms with Crippen LogP contribution in [0.15, 0.2) is 72.8 Å². The topological polar surface area (TPSA) is 82.7 Å². The lowest BCUT2D eigenvalue weighted by atomic mass is 9.89. The maximum absolute atomic E-state index is 13.4. The highest BCUT2D eigenvalue weighted by molar-refractivity contribution is 6.04. The second-order valence-electron chi connectivity index (χ2n) is 10.9. The maximum Gasteiger partial charge on any atom is 0.416 e. The number of carbonyl (C=O) groups is 2. The first-order valence-electron chi connectivity index (χ1n) is 14.3. The largest absolute Gasteiger partial charge is 0.416 e. The number of hydrogen-bond donors (Lipinski definition) is 3. The van der Waals surface area contributed by atoms with Crippen molar-refractivity contribution in [3.63, 3.8) is 0 Å². The van der Waals surface area contributed by atoms with Crippen molar-refractivity contribution in [2.45, 2.75) is 44.4 Å². The zero-order valence-corrected chi connectivity index (χ0v) is 23.3. The van der Waals surface area contributed by atoms with Crippen molar-refractivity contribution in [2.24, 2.45) is 5.92 Å². The Bertz CT molecular complexity index is 1370. The van der Waals surface area contributed by atoms with Gasteiger partial charge in [0.2, 0.25) is 0 Å². The third kappa shape index (κ3) is 7.82. The number of carbonyl (C=O) groups excluding carboxylic acids is 2. The predicted octanol–water partition coefficient (Wildman–Crippen LogP) is 6.72. The molecule has 3 N–H and O–H groups in total. The fourth-order valence-corrected chi connectivity index (χ4v) is 5.57. The minimum Gasteiger partial charge on any atom is -0.376 e. The summed E-state index contributed by atoms with van der Waals surface area (Å²) in [5.74, 6) is 0.287. The van der Waals surface area contributed by atoms with Crippen LogP contribution in [0.1, 0.15) is 47.2 Å². The van der Waals surface area contributed by atoms with E-state index in [1.807, 2.05) is 12.1 Å². The van der Waals surface area contributed by atoms with Gasteiger partial charge < -0.3 is 25.6 Å². The molecule has 0 aromatic heterocycles. The summed E-state index contributed by atoms with van der Waals surface area (Å²) in [6.07, 6.45) is 0.310. The molecule has 2 saturated heterocycles. The van der Waals surface area contributed by atoms with E-state index in [2.05, 4.69) is 45.1 Å². The molecule has 2 aliphatic rings. The van der Waals surface area contributed by atoms with Crippen molar-refractivity contribution in [3.8, 4) is 0 Å². The van der Waals surface area contributed by atoms with Crippen LogP contribution in [0.2, 0.25) is 0 Å². The molecule has 3 amide bonds. The first-order valence-corrected chi connectivity index (χ1v) is 14.3. The highest BCUT2D eigenvalue weighted by Gasteiger charge is 2.30. The Morgan fingerprint density at radius 1 is 0.881 bits per heavy atom. The van der Waals surface area contributed by atoms with Gasteiger partial charge in [-0.1, -0.05) is 36.4 Å². The molecule has 5 rings (SSSR count). The van der Waals surface area contributed by atoms with Gasteiger partial charge in [0.1, 0.15) is 0 Å². The van der Waals surface area contributed by atoms with E-state index in [0.717, 1.165) is 63.0 Å². The van der Waals surface area contributed by atoms with Crippen LogP contribution in [0.25, 0.3) is 0 Å². The van der Waals surface area contributed by atoms with E-state index in [-0.39, 0.29) is 17.7 Å². The van der Waals surface area contributed by atoms with Crippen LogP contribution in [0.4, 0.5) is 35.0 Å². The van der Waals surface area contributed by atoms with Gasteiger partial charge in [-0.2, -0.15) is 13.2 Å². The Morgan fingerprint density at radius 2 is 1.62 bits per heavy atom. The molecule has 0 radical (unpaired) electrons. The SMILES string of the molecule is O=C(Nc1cccc(C(F)(F)F)c1)Nc1ccc(N2CCC(Cc3ccccc3)CC2)c(C(=O)NCC2CCCO2)c1. The van der Waals surface area contributed by atoms with Gasteiger partial charge in [0.25, 0.3) is 5.91 Å². The number of alkyl halides is 3. The van der Waals surface area contributed by atoms with Crippen LogP contribution < -0.4 is 20.9 Å². The van der Waals surface area contributed by atoms with E-state index in [9.17, 15) is 22.8 Å². The number of anilines is 3. The molecule has 3 aromatic carbocycles. The summed E-state index contributed by atoms with van der Waals surface area (Å²) in [7, 11) is 0. The van der Waals surface area contributed by atoms with Gasteiger partial charge in [-0.05, 0) is 80.0 Å². The molecule has 1 atom stereocenters. The molecule has 0 aliphatic carbocycles. The van der Waals surface area contributed by atoms with Crippen LogP contribution in [0.3, 0.4) is 0 Å². The number of nitrogens with one attached hydrogen (secondary N) is 3. The highest BCUT2D eigenvalue weighted by atomic mass is 19.4. The molecule has 3 aromatic rings. The van der Waals surface area contributed by atoms with Crippen LogP contribution >= 0.6 is 0 Å². The quantitative estimate of drug-likeness (QED) is 0.276. The van der Waals surface area contributed by atoms with Gasteiger partial charge >= 0.3 is 12.2 Å². The number of piperidine rings is 1. The molecular weight excluding hydrogens is 545 g/mol. The third-order valence-corrected chi connectivity index (χ3v) is 7.78. The first kappa shape index (κ1) is 29.4. The average molecular weight is 581 g/mol. The van der Waals surface area contributed by atoms with Crippen LogP contribution in [-0.4, -0.2) is 44.3 Å². The van der Waals surface area contributed by atoms with E-state index in [1.165, 1.54) is 17.7 Å². The zero-order chi connectivity index (χ0) is 29.5. The Hall–Kier alpha value is -4.05. The predicted molar refractivity (Wildman–Crippen MR) is 157 cm³/mol. The molecule has 2 aliphatic heterocycles. The molecule has 222 valence electrons. The zero-order valence-electron chi connectivity index (χ0n) is 23.3. The number of ether oxygens (including phenoxy) is 1. The molecule has 42 heavy (non-hydrogen) atoms. The van der Waals surface area contributed by atoms with Crippen molar-refractivity contribution in [2.75, 3.05) is 41.8 Å². The fraction of sp³-hybridized carbons (Fsp3) is 0.375. The highest BCUT2D eigenvalue weighted by Crippen LogP contribution is 2.32. The number of benzene rings is 3. The summed E-state index contributed by atoms with van der Waals surface area (Å²) < 4.78 is 44.8. The monoisotopic (exact) mass is 580 g/mol. The van der Waals surface area contributed by atoms with Crippen molar-refractivity contribution in [3.05, 3.63) is 89.5 Å². The number of nitrogens with zero attached hydrogens (tertiary/aromatic N) is 1. The van der Waals surface area contributed by atoms with Crippen molar-refractivity contribution in [1.82, 2.24) is 5.32 Å². The third-order valence-electron chi connectivity index (χ3n) is 7.78. The molecule has 10 heteroatoms. The molecular formula is C32H35F3N4O3. The van der Waals surface area contributed by atoms with Crippen LogP contribution in [-0.2, 0) is 17.3 Å². The molecule has 0 saturated carbocycles. The summed E-state index contributed by atoms with van der Waals surface area (Å²) in [6.45, 7) is 2.67. The molecule has 0 spiro atoms. The van der Waals surface area contributed by atoms with Gasteiger partial charge in [0.05, 0.1) is 17.2 Å². The summed E-state index contributed by atoms with van der Waals surface area (Å²) in [6, 6.07) is 19.3. The Balaban J connectivity index is 1.28. The van der Waals surface area contributed by atoms with Crippen molar-refractivity contribution in [1.29, 1.82) is 0 Å². The van der Waals surface area contributed by atoms with Gasteiger partial charge in [-0.15, -0.1) is 0 Å². The lowest BCUT2D eigenvalue weighted by molar-refractivity contribution is -0.137. The van der Waals surface area contributed by atoms with E-state index in [4.69, 9.17) is 4.74 Å². The minimum absolute atomic E-state index is 0.00634. The molecule has 0 bridgehead atoms. The fourth-order valence-electron chi connectivity index (χ4n) is 5.57. The Morgan fingerprint density at radius 3 is 2.31 bits per heavy atom. The normalized spacial score (nSPS) is 17.6. The summed E-state index contributed by atoms with van der Waals surface area (Å²) >= 11 is 0. The van der Waals surface area contributed by atoms with E-state index in [1.54, 1.807) is 12.1 Å². The molecule has 2 heterocycles. The molecule has 7 nitrogen and oxygen atoms in total. The lowest BCUT2D eigenvalue weighted by Crippen LogP contribution is -2.37. The summed E-state index contributed by atoms with van der Waals surface area (Å²) in [5.41, 5.74) is 2.02. The van der Waals surface area contributed by atoms with Crippen LogP contribution in [0, 0.1) is 5.92 Å². The lowest BCUT2D eigenvalue weighted by Gasteiger charge is -2.35. The number of urea groups is 1. The van der Waals surface area contributed by atoms with Crippen LogP contribution in [0.5, 0.6) is 0 Å². The smallest absolute Gasteiger partial charge is 0.376 e. The van der Waals surface area contributed by atoms with E-state index in [0.29, 0.717) is 30.3 Å². The number of amides is 3. The number of halogens is 3. The Labute approximate surface area is 243 Å². The van der Waals surface area contributed by atoms with Gasteiger partial charge in [0, 0.05) is 43.3 Å². The van der Waals surface area contributed by atoms with Crippen molar-refractivity contribution < 1.29 is 27.5 Å². The Kier molecular flexibility index (Phi) is 9.31. The molecule has 1 unspecified atom stereocenters. The number of rotatable bonds is 8. The second kappa shape index (κ2) is 13.3. The summed E-state index contributed by atoms with van der Waals surface area (Å²) in [4.78, 5) is 28.3. The van der Waals surface area contributed by atoms with Crippen molar-refractivity contribution >= 4 is 29.0 Å². The molecule has 2 fully saturated rings. The minimum atomic E-state index is -4.52. The maximum atomic E-state index is 13.4. The number of hydrogen-bond acceptors (Lipinski definition) is 4. The van der Waals surface area contributed by atoms with E-state index >= 15 is 0 Å². The van der Waals surface area contributed by atoms with Gasteiger partial charge in [-0.3, -0.25) is 4.79 Å².